The lowest BCUT2D eigenvalue weighted by molar-refractivity contribution is 0.787. The van der Waals surface area contributed by atoms with Gasteiger partial charge in [0.2, 0.25) is 5.96 Å². The van der Waals surface area contributed by atoms with Gasteiger partial charge in [-0.2, -0.15) is 17.0 Å². The lowest BCUT2D eigenvalue weighted by Crippen LogP contribution is -2.41. The van der Waals surface area contributed by atoms with Gasteiger partial charge in [-0.25, -0.2) is 0 Å². The van der Waals surface area contributed by atoms with Crippen molar-refractivity contribution in [2.24, 2.45) is 4.99 Å². The highest BCUT2D eigenvalue weighted by Crippen LogP contribution is 2.08. The van der Waals surface area contributed by atoms with Crippen molar-refractivity contribution in [2.45, 2.75) is 5.75 Å². The molecular formula is C14H21N7S2. The molecule has 1 rings (SSSR count). The molecular weight excluding hydrogens is 330 g/mol. The van der Waals surface area contributed by atoms with Gasteiger partial charge in [0, 0.05) is 37.8 Å². The van der Waals surface area contributed by atoms with Crippen LogP contribution in [0.15, 0.2) is 29.4 Å². The van der Waals surface area contributed by atoms with Crippen LogP contribution in [-0.2, 0) is 5.75 Å². The Kier molecular flexibility index (Phi) is 10.3. The first-order valence-corrected chi connectivity index (χ1v) is 8.69. The highest BCUT2D eigenvalue weighted by Gasteiger charge is 1.98. The van der Waals surface area contributed by atoms with E-state index in [1.165, 1.54) is 0 Å². The van der Waals surface area contributed by atoms with Gasteiger partial charge in [0.05, 0.1) is 12.2 Å². The zero-order valence-corrected chi connectivity index (χ0v) is 14.6. The van der Waals surface area contributed by atoms with Gasteiger partial charge in [0.15, 0.2) is 11.3 Å². The molecule has 0 atom stereocenters. The molecule has 4 N–H and O–H groups in total. The predicted octanol–water partition coefficient (Wildman–Crippen LogP) is 0.425. The van der Waals surface area contributed by atoms with Crippen LogP contribution in [0.3, 0.4) is 0 Å². The standard InChI is InChI=1S/C14H21N7S2/c1-16-14(22)20-7-6-18-13(21-11-15)19-8-9-23-10-12-4-2-3-5-17-12/h2-5H,6-10H2,1H3,(H2,16,20,22)(H2,18,19,21). The summed E-state index contributed by atoms with van der Waals surface area (Å²) in [5.41, 5.74) is 1.06. The number of guanidine groups is 1. The second-order valence-electron chi connectivity index (χ2n) is 4.27. The average Bonchev–Trinajstić information content (AvgIpc) is 2.58. The van der Waals surface area contributed by atoms with Gasteiger partial charge in [-0.15, -0.1) is 0 Å². The fourth-order valence-electron chi connectivity index (χ4n) is 1.52. The first-order valence-electron chi connectivity index (χ1n) is 7.13. The molecule has 0 fully saturated rings. The second-order valence-corrected chi connectivity index (χ2v) is 5.79. The van der Waals surface area contributed by atoms with Crippen molar-refractivity contribution < 1.29 is 0 Å². The van der Waals surface area contributed by atoms with Crippen molar-refractivity contribution in [1.29, 1.82) is 5.26 Å². The Bertz CT molecular complexity index is 528. The Morgan fingerprint density at radius 1 is 1.39 bits per heavy atom. The Morgan fingerprint density at radius 2 is 2.22 bits per heavy atom. The Morgan fingerprint density at radius 3 is 2.91 bits per heavy atom. The number of nitrogens with zero attached hydrogens (tertiary/aromatic N) is 3. The van der Waals surface area contributed by atoms with Crippen LogP contribution in [-0.4, -0.2) is 48.5 Å². The van der Waals surface area contributed by atoms with Crippen molar-refractivity contribution in [3.63, 3.8) is 0 Å². The fourth-order valence-corrected chi connectivity index (χ4v) is 2.37. The quantitative estimate of drug-likeness (QED) is 0.134. The molecule has 0 aliphatic carbocycles. The summed E-state index contributed by atoms with van der Waals surface area (Å²) in [6.45, 7) is 1.87. The molecule has 0 aromatic carbocycles. The van der Waals surface area contributed by atoms with Crippen molar-refractivity contribution in [3.05, 3.63) is 30.1 Å². The maximum atomic E-state index is 8.73. The summed E-state index contributed by atoms with van der Waals surface area (Å²) in [5.74, 6) is 2.19. The van der Waals surface area contributed by atoms with E-state index in [0.29, 0.717) is 30.7 Å². The van der Waals surface area contributed by atoms with Crippen LogP contribution in [0.2, 0.25) is 0 Å². The summed E-state index contributed by atoms with van der Waals surface area (Å²) >= 11 is 6.72. The minimum Gasteiger partial charge on any atom is -0.366 e. The Labute approximate surface area is 146 Å². The highest BCUT2D eigenvalue weighted by molar-refractivity contribution is 7.98. The number of nitriles is 1. The van der Waals surface area contributed by atoms with Gasteiger partial charge < -0.3 is 16.0 Å². The third kappa shape index (κ3) is 9.55. The number of hydrogen-bond donors (Lipinski definition) is 4. The number of rotatable bonds is 8. The van der Waals surface area contributed by atoms with Crippen LogP contribution in [0.1, 0.15) is 5.69 Å². The van der Waals surface area contributed by atoms with Crippen LogP contribution in [0, 0.1) is 11.5 Å². The predicted molar refractivity (Wildman–Crippen MR) is 99.1 cm³/mol. The van der Waals surface area contributed by atoms with Crippen LogP contribution >= 0.6 is 24.0 Å². The SMILES string of the molecule is CNC(=S)NCCNC(=NCCSCc1ccccn1)NC#N. The Hall–Kier alpha value is -2.05. The highest BCUT2D eigenvalue weighted by atomic mass is 32.2. The molecule has 1 aromatic rings. The summed E-state index contributed by atoms with van der Waals surface area (Å²) in [5, 5.41) is 20.7. The molecule has 0 amide bonds. The van der Waals surface area contributed by atoms with E-state index < -0.39 is 0 Å². The summed E-state index contributed by atoms with van der Waals surface area (Å²) < 4.78 is 0. The van der Waals surface area contributed by atoms with Crippen molar-refractivity contribution in [2.75, 3.05) is 32.4 Å². The van der Waals surface area contributed by atoms with E-state index in [-0.39, 0.29) is 0 Å². The molecule has 124 valence electrons. The number of pyridine rings is 1. The van der Waals surface area contributed by atoms with E-state index in [1.807, 2.05) is 24.4 Å². The smallest absolute Gasteiger partial charge is 0.204 e. The number of thiocarbonyl (C=S) groups is 1. The third-order valence-electron chi connectivity index (χ3n) is 2.59. The minimum absolute atomic E-state index is 0.475. The number of hydrogen-bond acceptors (Lipinski definition) is 5. The minimum atomic E-state index is 0.475. The van der Waals surface area contributed by atoms with E-state index in [9.17, 15) is 0 Å². The van der Waals surface area contributed by atoms with Crippen LogP contribution in [0.5, 0.6) is 0 Å². The van der Waals surface area contributed by atoms with Crippen LogP contribution < -0.4 is 21.3 Å². The molecule has 9 heteroatoms. The maximum absolute atomic E-state index is 8.73. The first kappa shape index (κ1) is 19.0. The normalized spacial score (nSPS) is 10.5. The molecule has 7 nitrogen and oxygen atoms in total. The molecule has 0 unspecified atom stereocenters. The monoisotopic (exact) mass is 351 g/mol. The van der Waals surface area contributed by atoms with E-state index in [2.05, 4.69) is 31.2 Å². The summed E-state index contributed by atoms with van der Waals surface area (Å²) in [6.07, 6.45) is 3.67. The molecule has 0 saturated carbocycles. The van der Waals surface area contributed by atoms with Crippen molar-refractivity contribution in [1.82, 2.24) is 26.3 Å². The van der Waals surface area contributed by atoms with Gasteiger partial charge in [-0.1, -0.05) is 6.07 Å². The molecule has 0 radical (unpaired) electrons. The molecule has 23 heavy (non-hydrogen) atoms. The molecule has 1 aromatic heterocycles. The molecule has 0 aliphatic heterocycles. The lowest BCUT2D eigenvalue weighted by atomic mass is 10.4. The third-order valence-corrected chi connectivity index (χ3v) is 3.91. The molecule has 1 heterocycles. The van der Waals surface area contributed by atoms with Crippen LogP contribution in [0.25, 0.3) is 0 Å². The molecule has 0 saturated heterocycles. The van der Waals surface area contributed by atoms with Crippen molar-refractivity contribution >= 4 is 35.1 Å². The summed E-state index contributed by atoms with van der Waals surface area (Å²) in [7, 11) is 1.76. The topological polar surface area (TPSA) is 97.2 Å². The second kappa shape index (κ2) is 12.5. The molecule has 0 bridgehead atoms. The fraction of sp³-hybridized carbons (Fsp3) is 0.429. The average molecular weight is 352 g/mol. The number of aliphatic imine (C=N–C) groups is 1. The largest absolute Gasteiger partial charge is 0.366 e. The zero-order valence-electron chi connectivity index (χ0n) is 13.0. The van der Waals surface area contributed by atoms with Gasteiger partial charge in [0.25, 0.3) is 0 Å². The summed E-state index contributed by atoms with van der Waals surface area (Å²) in [6, 6.07) is 5.89. The number of thioether (sulfide) groups is 1. The lowest BCUT2D eigenvalue weighted by Gasteiger charge is -2.10. The molecule has 0 aliphatic rings. The summed E-state index contributed by atoms with van der Waals surface area (Å²) in [4.78, 5) is 8.60. The molecule has 0 spiro atoms. The maximum Gasteiger partial charge on any atom is 0.204 e. The van der Waals surface area contributed by atoms with Crippen molar-refractivity contribution in [3.8, 4) is 6.19 Å². The van der Waals surface area contributed by atoms with Crippen LogP contribution in [0.4, 0.5) is 0 Å². The van der Waals surface area contributed by atoms with E-state index in [4.69, 9.17) is 17.5 Å². The van der Waals surface area contributed by atoms with E-state index in [1.54, 1.807) is 25.0 Å². The first-order chi connectivity index (χ1) is 11.3. The number of aromatic nitrogens is 1. The van der Waals surface area contributed by atoms with Gasteiger partial charge in [0.1, 0.15) is 0 Å². The number of nitrogens with one attached hydrogen (secondary N) is 4. The van der Waals surface area contributed by atoms with Gasteiger partial charge >= 0.3 is 0 Å². The van der Waals surface area contributed by atoms with E-state index >= 15 is 0 Å². The zero-order chi connectivity index (χ0) is 16.8. The van der Waals surface area contributed by atoms with E-state index in [0.717, 1.165) is 17.2 Å². The van der Waals surface area contributed by atoms with Gasteiger partial charge in [-0.05, 0) is 24.4 Å². The Balaban J connectivity index is 2.20. The van der Waals surface area contributed by atoms with Gasteiger partial charge in [-0.3, -0.25) is 15.3 Å².